The number of halogens is 1. The standard InChI is InChI=1S/C10H14ClN3O2S/c11-9-4-5-10(12-8-9)13-17(15,16)14-6-2-1-3-7-14/h4-5,8H,1-3,6-7H2,(H,12,13). The second-order valence-electron chi connectivity index (χ2n) is 3.93. The average molecular weight is 276 g/mol. The van der Waals surface area contributed by atoms with Crippen molar-refractivity contribution in [2.45, 2.75) is 19.3 Å². The highest BCUT2D eigenvalue weighted by Gasteiger charge is 2.23. The second-order valence-corrected chi connectivity index (χ2v) is 6.04. The molecule has 0 spiro atoms. The molecule has 94 valence electrons. The van der Waals surface area contributed by atoms with Gasteiger partial charge >= 0.3 is 10.2 Å². The van der Waals surface area contributed by atoms with Gasteiger partial charge in [0.15, 0.2) is 0 Å². The van der Waals surface area contributed by atoms with Gasteiger partial charge in [-0.25, -0.2) is 4.98 Å². The summed E-state index contributed by atoms with van der Waals surface area (Å²) in [7, 11) is -3.47. The first-order chi connectivity index (χ1) is 8.08. The molecule has 17 heavy (non-hydrogen) atoms. The number of pyridine rings is 1. The van der Waals surface area contributed by atoms with Gasteiger partial charge in [0.1, 0.15) is 5.82 Å². The number of hydrogen-bond acceptors (Lipinski definition) is 3. The van der Waals surface area contributed by atoms with Crippen molar-refractivity contribution in [1.82, 2.24) is 9.29 Å². The van der Waals surface area contributed by atoms with E-state index in [1.165, 1.54) is 10.5 Å². The minimum absolute atomic E-state index is 0.292. The van der Waals surface area contributed by atoms with E-state index in [1.807, 2.05) is 0 Å². The fourth-order valence-electron chi connectivity index (χ4n) is 1.74. The van der Waals surface area contributed by atoms with Crippen LogP contribution in [0.5, 0.6) is 0 Å². The third-order valence-corrected chi connectivity index (χ3v) is 4.35. The molecule has 2 rings (SSSR count). The van der Waals surface area contributed by atoms with Gasteiger partial charge in [-0.2, -0.15) is 12.7 Å². The summed E-state index contributed by atoms with van der Waals surface area (Å²) in [6.45, 7) is 1.14. The van der Waals surface area contributed by atoms with Crippen LogP contribution in [0.2, 0.25) is 5.02 Å². The fourth-order valence-corrected chi connectivity index (χ4v) is 3.10. The molecule has 1 aromatic rings. The predicted octanol–water partition coefficient (Wildman–Crippen LogP) is 1.88. The zero-order chi connectivity index (χ0) is 12.3. The van der Waals surface area contributed by atoms with Gasteiger partial charge in [0.05, 0.1) is 5.02 Å². The number of anilines is 1. The molecule has 7 heteroatoms. The third kappa shape index (κ3) is 3.31. The van der Waals surface area contributed by atoms with Crippen molar-refractivity contribution in [3.8, 4) is 0 Å². The summed E-state index contributed by atoms with van der Waals surface area (Å²) in [5, 5.41) is 0.478. The van der Waals surface area contributed by atoms with E-state index in [-0.39, 0.29) is 0 Å². The first-order valence-electron chi connectivity index (χ1n) is 5.47. The quantitative estimate of drug-likeness (QED) is 0.916. The minimum Gasteiger partial charge on any atom is -0.254 e. The van der Waals surface area contributed by atoms with Crippen LogP contribution in [0.1, 0.15) is 19.3 Å². The van der Waals surface area contributed by atoms with Crippen LogP contribution < -0.4 is 4.72 Å². The smallest absolute Gasteiger partial charge is 0.254 e. The molecule has 1 aliphatic heterocycles. The molecular formula is C10H14ClN3O2S. The van der Waals surface area contributed by atoms with Crippen LogP contribution >= 0.6 is 11.6 Å². The summed E-state index contributed by atoms with van der Waals surface area (Å²) in [6.07, 6.45) is 4.32. The molecule has 1 saturated heterocycles. The van der Waals surface area contributed by atoms with Gasteiger partial charge in [0.2, 0.25) is 0 Å². The molecule has 0 unspecified atom stereocenters. The Morgan fingerprint density at radius 2 is 1.94 bits per heavy atom. The lowest BCUT2D eigenvalue weighted by Gasteiger charge is -2.25. The molecule has 0 radical (unpaired) electrons. The van der Waals surface area contributed by atoms with Gasteiger partial charge in [-0.05, 0) is 25.0 Å². The first kappa shape index (κ1) is 12.6. The highest BCUT2D eigenvalue weighted by atomic mass is 35.5. The van der Waals surface area contributed by atoms with Crippen molar-refractivity contribution in [1.29, 1.82) is 0 Å². The van der Waals surface area contributed by atoms with Crippen molar-refractivity contribution in [3.63, 3.8) is 0 Å². The van der Waals surface area contributed by atoms with Crippen LogP contribution in [0.25, 0.3) is 0 Å². The molecule has 1 N–H and O–H groups in total. The summed E-state index contributed by atoms with van der Waals surface area (Å²) >= 11 is 5.68. The monoisotopic (exact) mass is 275 g/mol. The van der Waals surface area contributed by atoms with Gasteiger partial charge in [0.25, 0.3) is 0 Å². The maximum Gasteiger partial charge on any atom is 0.302 e. The Morgan fingerprint density at radius 3 is 2.53 bits per heavy atom. The van der Waals surface area contributed by atoms with Gasteiger partial charge in [-0.3, -0.25) is 4.72 Å². The number of nitrogens with zero attached hydrogens (tertiary/aromatic N) is 2. The van der Waals surface area contributed by atoms with E-state index >= 15 is 0 Å². The molecule has 1 aromatic heterocycles. The Labute approximate surface area is 106 Å². The van der Waals surface area contributed by atoms with E-state index in [0.717, 1.165) is 19.3 Å². The normalized spacial score (nSPS) is 17.9. The van der Waals surface area contributed by atoms with Gasteiger partial charge in [0, 0.05) is 19.3 Å². The molecule has 0 aliphatic carbocycles. The van der Waals surface area contributed by atoms with E-state index in [2.05, 4.69) is 9.71 Å². The lowest BCUT2D eigenvalue weighted by molar-refractivity contribution is 0.349. The van der Waals surface area contributed by atoms with E-state index < -0.39 is 10.2 Å². The Kier molecular flexibility index (Phi) is 3.86. The van der Waals surface area contributed by atoms with E-state index in [0.29, 0.717) is 23.9 Å². The van der Waals surface area contributed by atoms with Gasteiger partial charge in [-0.15, -0.1) is 0 Å². The number of piperidine rings is 1. The highest BCUT2D eigenvalue weighted by Crippen LogP contribution is 2.16. The maximum absolute atomic E-state index is 12.0. The number of rotatable bonds is 3. The Balaban J connectivity index is 2.08. The number of nitrogens with one attached hydrogen (secondary N) is 1. The van der Waals surface area contributed by atoms with Crippen molar-refractivity contribution in [3.05, 3.63) is 23.4 Å². The number of aromatic nitrogens is 1. The summed E-state index contributed by atoms with van der Waals surface area (Å²) in [5.74, 6) is 0.292. The van der Waals surface area contributed by atoms with Gasteiger partial charge < -0.3 is 0 Å². The van der Waals surface area contributed by atoms with Crippen LogP contribution in [0.4, 0.5) is 5.82 Å². The molecule has 0 aromatic carbocycles. The van der Waals surface area contributed by atoms with Crippen molar-refractivity contribution >= 4 is 27.6 Å². The molecule has 1 aliphatic rings. The largest absolute Gasteiger partial charge is 0.302 e. The lowest BCUT2D eigenvalue weighted by Crippen LogP contribution is -2.39. The van der Waals surface area contributed by atoms with Crippen molar-refractivity contribution in [2.24, 2.45) is 0 Å². The molecule has 0 bridgehead atoms. The molecular weight excluding hydrogens is 262 g/mol. The zero-order valence-corrected chi connectivity index (χ0v) is 10.8. The summed E-state index contributed by atoms with van der Waals surface area (Å²) in [4.78, 5) is 3.91. The second kappa shape index (κ2) is 5.20. The van der Waals surface area contributed by atoms with Crippen LogP contribution in [0.15, 0.2) is 18.3 Å². The van der Waals surface area contributed by atoms with Crippen molar-refractivity contribution in [2.75, 3.05) is 17.8 Å². The predicted molar refractivity (Wildman–Crippen MR) is 67.2 cm³/mol. The summed E-state index contributed by atoms with van der Waals surface area (Å²) in [5.41, 5.74) is 0. The molecule has 0 amide bonds. The Bertz CT molecular complexity index is 469. The third-order valence-electron chi connectivity index (χ3n) is 2.62. The summed E-state index contributed by atoms with van der Waals surface area (Å²) in [6, 6.07) is 3.15. The van der Waals surface area contributed by atoms with Crippen LogP contribution in [0.3, 0.4) is 0 Å². The topological polar surface area (TPSA) is 62.3 Å². The Hall–Kier alpha value is -0.850. The summed E-state index contributed by atoms with van der Waals surface area (Å²) < 4.78 is 27.9. The van der Waals surface area contributed by atoms with Crippen LogP contribution in [0, 0.1) is 0 Å². The molecule has 0 atom stereocenters. The minimum atomic E-state index is -3.47. The van der Waals surface area contributed by atoms with Gasteiger partial charge in [-0.1, -0.05) is 18.0 Å². The molecule has 5 nitrogen and oxygen atoms in total. The fraction of sp³-hybridized carbons (Fsp3) is 0.500. The lowest BCUT2D eigenvalue weighted by atomic mass is 10.2. The maximum atomic E-state index is 12.0. The Morgan fingerprint density at radius 1 is 1.24 bits per heavy atom. The van der Waals surface area contributed by atoms with E-state index in [1.54, 1.807) is 12.1 Å². The first-order valence-corrected chi connectivity index (χ1v) is 7.29. The van der Waals surface area contributed by atoms with E-state index in [4.69, 9.17) is 11.6 Å². The van der Waals surface area contributed by atoms with Crippen molar-refractivity contribution < 1.29 is 8.42 Å². The van der Waals surface area contributed by atoms with Crippen LogP contribution in [-0.4, -0.2) is 30.8 Å². The SMILES string of the molecule is O=S(=O)(Nc1ccc(Cl)cn1)N1CCCCC1. The molecule has 1 fully saturated rings. The number of hydrogen-bond donors (Lipinski definition) is 1. The average Bonchev–Trinajstić information content (AvgIpc) is 2.33. The zero-order valence-electron chi connectivity index (χ0n) is 9.26. The highest BCUT2D eigenvalue weighted by molar-refractivity contribution is 7.90. The molecule has 0 saturated carbocycles. The van der Waals surface area contributed by atoms with Crippen LogP contribution in [-0.2, 0) is 10.2 Å². The molecule has 2 heterocycles. The van der Waals surface area contributed by atoms with E-state index in [9.17, 15) is 8.42 Å².